The summed E-state index contributed by atoms with van der Waals surface area (Å²) in [5.74, 6) is 3.31. The number of para-hydroxylation sites is 2. The first-order valence-corrected chi connectivity index (χ1v) is 19.5. The van der Waals surface area contributed by atoms with Gasteiger partial charge in [0.1, 0.15) is 0 Å². The molecule has 10 nitrogen and oxygen atoms in total. The molecule has 0 saturated carbocycles. The molecule has 0 aliphatic carbocycles. The van der Waals surface area contributed by atoms with Gasteiger partial charge in [0, 0.05) is 81.3 Å². The van der Waals surface area contributed by atoms with Crippen LogP contribution in [0, 0.1) is 0 Å². The quantitative estimate of drug-likeness (QED) is 0.151. The van der Waals surface area contributed by atoms with Gasteiger partial charge in [-0.2, -0.15) is 0 Å². The van der Waals surface area contributed by atoms with Crippen LogP contribution in [0.15, 0.2) is 171 Å². The summed E-state index contributed by atoms with van der Waals surface area (Å²) in [7, 11) is 0. The van der Waals surface area contributed by atoms with Gasteiger partial charge in [-0.25, -0.2) is 29.9 Å². The standard InChI is InChI=1S/C50H28N10/c1-5-31-7-3-23-53-43(31)39(9-1)49-58-48(59-50(60-49)40-10-2-6-32-8-4-24-54-44(32)40)38-18-14-30-11-15-35-37(17-13-29-12-16-36(38)42(30)41(29)35)47-56-45(33-19-25-51-26-20-33)55-46(57-47)34-21-27-52-28-22-34/h1-28H. The Balaban J connectivity index is 1.10. The summed E-state index contributed by atoms with van der Waals surface area (Å²) >= 11 is 0. The normalized spacial score (nSPS) is 11.7. The van der Waals surface area contributed by atoms with E-state index in [0.717, 1.165) is 87.5 Å². The summed E-state index contributed by atoms with van der Waals surface area (Å²) in [6, 6.07) is 45.0. The minimum atomic E-state index is 0.532. The number of aromatic nitrogens is 10. The van der Waals surface area contributed by atoms with E-state index in [2.05, 4.69) is 82.8 Å². The van der Waals surface area contributed by atoms with E-state index < -0.39 is 0 Å². The van der Waals surface area contributed by atoms with Crippen molar-refractivity contribution >= 4 is 54.1 Å². The minimum absolute atomic E-state index is 0.532. The topological polar surface area (TPSA) is 129 Å². The van der Waals surface area contributed by atoms with E-state index in [1.807, 2.05) is 60.7 Å². The summed E-state index contributed by atoms with van der Waals surface area (Å²) in [6.07, 6.45) is 10.6. The lowest BCUT2D eigenvalue weighted by molar-refractivity contribution is 1.07. The van der Waals surface area contributed by atoms with E-state index in [-0.39, 0.29) is 0 Å². The number of benzene rings is 6. The van der Waals surface area contributed by atoms with Crippen molar-refractivity contribution < 1.29 is 0 Å². The largest absolute Gasteiger partial charge is 0.265 e. The molecular formula is C50H28N10. The zero-order chi connectivity index (χ0) is 39.6. The third-order valence-electron chi connectivity index (χ3n) is 11.0. The van der Waals surface area contributed by atoms with Crippen molar-refractivity contribution in [3.63, 3.8) is 0 Å². The smallest absolute Gasteiger partial charge is 0.166 e. The van der Waals surface area contributed by atoms with Gasteiger partial charge in [0.25, 0.3) is 0 Å². The van der Waals surface area contributed by atoms with Crippen LogP contribution < -0.4 is 0 Å². The van der Waals surface area contributed by atoms with Crippen LogP contribution in [0.4, 0.5) is 0 Å². The molecule has 12 aromatic rings. The molecule has 6 heterocycles. The average molecular weight is 769 g/mol. The number of hydrogen-bond donors (Lipinski definition) is 0. The molecule has 10 heteroatoms. The lowest BCUT2D eigenvalue weighted by Crippen LogP contribution is -2.02. The number of nitrogens with zero attached hydrogens (tertiary/aromatic N) is 10. The molecule has 0 aliphatic heterocycles. The first-order chi connectivity index (χ1) is 29.7. The Hall–Kier alpha value is -8.50. The molecule has 6 aromatic heterocycles. The monoisotopic (exact) mass is 768 g/mol. The van der Waals surface area contributed by atoms with E-state index in [0.29, 0.717) is 34.9 Å². The fraction of sp³-hybridized carbons (Fsp3) is 0. The molecule has 0 radical (unpaired) electrons. The maximum atomic E-state index is 5.24. The Morgan fingerprint density at radius 3 is 1.12 bits per heavy atom. The zero-order valence-corrected chi connectivity index (χ0v) is 31.6. The molecule has 278 valence electrons. The number of pyridine rings is 4. The fourth-order valence-corrected chi connectivity index (χ4v) is 8.25. The Bertz CT molecular complexity index is 3450. The molecule has 0 spiro atoms. The van der Waals surface area contributed by atoms with Crippen LogP contribution in [-0.2, 0) is 0 Å². The van der Waals surface area contributed by atoms with Crippen LogP contribution in [0.3, 0.4) is 0 Å². The molecule has 0 aliphatic rings. The second-order valence-corrected chi connectivity index (χ2v) is 14.5. The summed E-state index contributed by atoms with van der Waals surface area (Å²) in [5, 5.41) is 8.45. The van der Waals surface area contributed by atoms with Gasteiger partial charge in [0.15, 0.2) is 34.9 Å². The van der Waals surface area contributed by atoms with E-state index in [1.54, 1.807) is 37.2 Å². The molecule has 0 atom stereocenters. The van der Waals surface area contributed by atoms with Gasteiger partial charge in [-0.15, -0.1) is 0 Å². The highest BCUT2D eigenvalue weighted by atomic mass is 15.0. The van der Waals surface area contributed by atoms with Crippen molar-refractivity contribution in [2.75, 3.05) is 0 Å². The van der Waals surface area contributed by atoms with Crippen LogP contribution >= 0.6 is 0 Å². The summed E-state index contributed by atoms with van der Waals surface area (Å²) in [5.41, 5.74) is 6.76. The zero-order valence-electron chi connectivity index (χ0n) is 31.6. The lowest BCUT2D eigenvalue weighted by atomic mass is 9.89. The molecule has 0 N–H and O–H groups in total. The van der Waals surface area contributed by atoms with Gasteiger partial charge in [0.05, 0.1) is 11.0 Å². The molecule has 0 saturated heterocycles. The highest BCUT2D eigenvalue weighted by Crippen LogP contribution is 2.42. The van der Waals surface area contributed by atoms with E-state index in [4.69, 9.17) is 39.9 Å². The molecule has 0 fully saturated rings. The van der Waals surface area contributed by atoms with Crippen LogP contribution in [0.25, 0.3) is 122 Å². The summed E-state index contributed by atoms with van der Waals surface area (Å²) < 4.78 is 0. The molecule has 60 heavy (non-hydrogen) atoms. The van der Waals surface area contributed by atoms with Crippen molar-refractivity contribution in [2.24, 2.45) is 0 Å². The second kappa shape index (κ2) is 13.6. The van der Waals surface area contributed by atoms with Crippen molar-refractivity contribution in [1.82, 2.24) is 49.8 Å². The van der Waals surface area contributed by atoms with E-state index in [9.17, 15) is 0 Å². The summed E-state index contributed by atoms with van der Waals surface area (Å²) in [4.78, 5) is 48.6. The molecule has 0 unspecified atom stereocenters. The third-order valence-corrected chi connectivity index (χ3v) is 11.0. The Morgan fingerprint density at radius 2 is 0.650 bits per heavy atom. The Morgan fingerprint density at radius 1 is 0.267 bits per heavy atom. The van der Waals surface area contributed by atoms with Gasteiger partial charge in [-0.3, -0.25) is 19.9 Å². The Kier molecular flexibility index (Phi) is 7.60. The second-order valence-electron chi connectivity index (χ2n) is 14.5. The first-order valence-electron chi connectivity index (χ1n) is 19.5. The maximum absolute atomic E-state index is 5.24. The van der Waals surface area contributed by atoms with Gasteiger partial charge >= 0.3 is 0 Å². The molecule has 0 amide bonds. The SMILES string of the molecule is c1cnc2c(-c3nc(-c4ccc5ccc6c(-c7nc(-c8ccncc8)nc(-c8ccncc8)n7)ccc7ccc4c5c76)nc(-c4cccc5cccnc45)n3)cccc2c1. The van der Waals surface area contributed by atoms with Crippen molar-refractivity contribution in [3.8, 4) is 68.3 Å². The molecule has 12 rings (SSSR count). The predicted molar refractivity (Wildman–Crippen MR) is 236 cm³/mol. The van der Waals surface area contributed by atoms with Crippen molar-refractivity contribution in [2.45, 2.75) is 0 Å². The van der Waals surface area contributed by atoms with Crippen LogP contribution in [-0.4, -0.2) is 49.8 Å². The van der Waals surface area contributed by atoms with E-state index >= 15 is 0 Å². The van der Waals surface area contributed by atoms with Gasteiger partial charge in [-0.1, -0.05) is 72.8 Å². The van der Waals surface area contributed by atoms with Crippen LogP contribution in [0.5, 0.6) is 0 Å². The predicted octanol–water partition coefficient (Wildman–Crippen LogP) is 10.8. The lowest BCUT2D eigenvalue weighted by Gasteiger charge is -2.16. The summed E-state index contributed by atoms with van der Waals surface area (Å²) in [6.45, 7) is 0. The highest BCUT2D eigenvalue weighted by Gasteiger charge is 2.21. The maximum Gasteiger partial charge on any atom is 0.166 e. The number of rotatable bonds is 6. The van der Waals surface area contributed by atoms with Crippen molar-refractivity contribution in [3.05, 3.63) is 171 Å². The molecule has 0 bridgehead atoms. The number of fused-ring (bicyclic) bond motifs is 2. The molecule has 6 aromatic carbocycles. The number of hydrogen-bond acceptors (Lipinski definition) is 10. The van der Waals surface area contributed by atoms with Crippen LogP contribution in [0.2, 0.25) is 0 Å². The van der Waals surface area contributed by atoms with Gasteiger partial charge in [0.2, 0.25) is 0 Å². The van der Waals surface area contributed by atoms with E-state index in [1.165, 1.54) is 0 Å². The van der Waals surface area contributed by atoms with Gasteiger partial charge < -0.3 is 0 Å². The highest BCUT2D eigenvalue weighted by molar-refractivity contribution is 6.27. The first kappa shape index (κ1) is 33.6. The Labute approximate surface area is 341 Å². The minimum Gasteiger partial charge on any atom is -0.265 e. The third kappa shape index (κ3) is 5.50. The fourth-order valence-electron chi connectivity index (χ4n) is 8.25. The van der Waals surface area contributed by atoms with Gasteiger partial charge in [-0.05, 0) is 93.0 Å². The van der Waals surface area contributed by atoms with Crippen LogP contribution in [0.1, 0.15) is 0 Å². The van der Waals surface area contributed by atoms with Crippen molar-refractivity contribution in [1.29, 1.82) is 0 Å². The average Bonchev–Trinajstić information content (AvgIpc) is 3.33. The molecular weight excluding hydrogens is 741 g/mol.